The molecule has 0 saturated carbocycles. The van der Waals surface area contributed by atoms with Crippen molar-refractivity contribution in [1.82, 2.24) is 9.38 Å². The van der Waals surface area contributed by atoms with Gasteiger partial charge >= 0.3 is 0 Å². The number of aromatic nitrogens is 2. The predicted octanol–water partition coefficient (Wildman–Crippen LogP) is 2.02. The number of carbonyl (C=O) groups excluding carboxylic acids is 1. The molecule has 0 aliphatic carbocycles. The third kappa shape index (κ3) is 1.13. The molecule has 2 rings (SSSR count). The molecule has 72 valence electrons. The van der Waals surface area contributed by atoms with Crippen LogP contribution in [0.15, 0.2) is 18.2 Å². The lowest BCUT2D eigenvalue weighted by Crippen LogP contribution is -1.97. The standard InChI is InChI=1S/C11H12N2O/c1-3-9-10(7-14)13-8(2)5-4-6-11(13)12-9/h4-7H,3H2,1-2H3. The molecule has 2 heterocycles. The van der Waals surface area contributed by atoms with Gasteiger partial charge in [0.1, 0.15) is 11.3 Å². The number of aldehydes is 1. The van der Waals surface area contributed by atoms with Gasteiger partial charge in [0, 0.05) is 5.69 Å². The maximum atomic E-state index is 11.0. The Labute approximate surface area is 82.4 Å². The van der Waals surface area contributed by atoms with Crippen LogP contribution in [0.1, 0.15) is 28.8 Å². The summed E-state index contributed by atoms with van der Waals surface area (Å²) in [6.07, 6.45) is 1.67. The van der Waals surface area contributed by atoms with Crippen molar-refractivity contribution >= 4 is 11.9 Å². The Morgan fingerprint density at radius 3 is 2.93 bits per heavy atom. The first kappa shape index (κ1) is 8.94. The van der Waals surface area contributed by atoms with Gasteiger partial charge in [0.2, 0.25) is 0 Å². The summed E-state index contributed by atoms with van der Waals surface area (Å²) >= 11 is 0. The van der Waals surface area contributed by atoms with E-state index in [1.165, 1.54) is 0 Å². The van der Waals surface area contributed by atoms with Crippen LogP contribution in [0.2, 0.25) is 0 Å². The topological polar surface area (TPSA) is 34.4 Å². The second-order valence-corrected chi connectivity index (χ2v) is 3.28. The molecule has 0 atom stereocenters. The van der Waals surface area contributed by atoms with Crippen LogP contribution in [-0.4, -0.2) is 15.7 Å². The van der Waals surface area contributed by atoms with E-state index in [1.54, 1.807) is 0 Å². The first-order valence-electron chi connectivity index (χ1n) is 4.70. The number of pyridine rings is 1. The lowest BCUT2D eigenvalue weighted by molar-refractivity contribution is 0.111. The van der Waals surface area contributed by atoms with Gasteiger partial charge in [-0.1, -0.05) is 13.0 Å². The first-order chi connectivity index (χ1) is 6.77. The molecule has 0 N–H and O–H groups in total. The van der Waals surface area contributed by atoms with Crippen molar-refractivity contribution in [1.29, 1.82) is 0 Å². The van der Waals surface area contributed by atoms with Gasteiger partial charge in [-0.05, 0) is 25.5 Å². The van der Waals surface area contributed by atoms with E-state index in [9.17, 15) is 4.79 Å². The van der Waals surface area contributed by atoms with Crippen LogP contribution in [0, 0.1) is 6.92 Å². The molecule has 0 amide bonds. The third-order valence-electron chi connectivity index (χ3n) is 2.40. The van der Waals surface area contributed by atoms with Crippen LogP contribution < -0.4 is 0 Å². The fraction of sp³-hybridized carbons (Fsp3) is 0.273. The molecule has 3 nitrogen and oxygen atoms in total. The summed E-state index contributed by atoms with van der Waals surface area (Å²) in [5.41, 5.74) is 3.44. The number of imidazole rings is 1. The number of hydrogen-bond acceptors (Lipinski definition) is 2. The molecule has 0 aromatic carbocycles. The SMILES string of the molecule is CCc1nc2cccc(C)n2c1C=O. The number of aryl methyl sites for hydroxylation is 2. The molecule has 0 aliphatic heterocycles. The maximum Gasteiger partial charge on any atom is 0.168 e. The highest BCUT2D eigenvalue weighted by molar-refractivity contribution is 5.76. The molecule has 3 heteroatoms. The second-order valence-electron chi connectivity index (χ2n) is 3.28. The summed E-state index contributed by atoms with van der Waals surface area (Å²) in [6, 6.07) is 5.84. The van der Waals surface area contributed by atoms with Crippen LogP contribution in [0.4, 0.5) is 0 Å². The van der Waals surface area contributed by atoms with E-state index in [0.717, 1.165) is 29.7 Å². The summed E-state index contributed by atoms with van der Waals surface area (Å²) in [5, 5.41) is 0. The lowest BCUT2D eigenvalue weighted by Gasteiger charge is -1.99. The quantitative estimate of drug-likeness (QED) is 0.676. The minimum Gasteiger partial charge on any atom is -0.296 e. The monoisotopic (exact) mass is 188 g/mol. The van der Waals surface area contributed by atoms with E-state index >= 15 is 0 Å². The summed E-state index contributed by atoms with van der Waals surface area (Å²) < 4.78 is 1.89. The zero-order chi connectivity index (χ0) is 10.1. The molecule has 14 heavy (non-hydrogen) atoms. The zero-order valence-corrected chi connectivity index (χ0v) is 8.32. The van der Waals surface area contributed by atoms with Gasteiger partial charge in [0.15, 0.2) is 6.29 Å². The molecule has 0 spiro atoms. The van der Waals surface area contributed by atoms with Crippen LogP contribution >= 0.6 is 0 Å². The Kier molecular flexibility index (Phi) is 2.08. The fourth-order valence-electron chi connectivity index (χ4n) is 1.71. The number of fused-ring (bicyclic) bond motifs is 1. The average Bonchev–Trinajstić information content (AvgIpc) is 2.56. The van der Waals surface area contributed by atoms with Crippen LogP contribution in [-0.2, 0) is 6.42 Å². The van der Waals surface area contributed by atoms with Crippen molar-refractivity contribution in [3.63, 3.8) is 0 Å². The number of hydrogen-bond donors (Lipinski definition) is 0. The minimum absolute atomic E-state index is 0.681. The van der Waals surface area contributed by atoms with E-state index in [0.29, 0.717) is 5.69 Å². The maximum absolute atomic E-state index is 11.0. The molecule has 0 fully saturated rings. The smallest absolute Gasteiger partial charge is 0.168 e. The summed E-state index contributed by atoms with van der Waals surface area (Å²) in [6.45, 7) is 3.98. The van der Waals surface area contributed by atoms with Gasteiger partial charge in [-0.3, -0.25) is 9.20 Å². The largest absolute Gasteiger partial charge is 0.296 e. The Balaban J connectivity index is 2.88. The first-order valence-corrected chi connectivity index (χ1v) is 4.70. The van der Waals surface area contributed by atoms with Crippen molar-refractivity contribution in [3.05, 3.63) is 35.3 Å². The summed E-state index contributed by atoms with van der Waals surface area (Å²) in [7, 11) is 0. The van der Waals surface area contributed by atoms with Gasteiger partial charge in [-0.15, -0.1) is 0 Å². The molecule has 0 aliphatic rings. The molecule has 0 radical (unpaired) electrons. The van der Waals surface area contributed by atoms with Gasteiger partial charge in [-0.25, -0.2) is 4.98 Å². The molecule has 2 aromatic rings. The normalized spacial score (nSPS) is 10.7. The van der Waals surface area contributed by atoms with E-state index in [2.05, 4.69) is 4.98 Å². The van der Waals surface area contributed by atoms with E-state index < -0.39 is 0 Å². The van der Waals surface area contributed by atoms with E-state index in [1.807, 2.05) is 36.4 Å². The molecular formula is C11H12N2O. The Morgan fingerprint density at radius 1 is 1.50 bits per heavy atom. The number of carbonyl (C=O) groups is 1. The minimum atomic E-state index is 0.681. The highest BCUT2D eigenvalue weighted by atomic mass is 16.1. The van der Waals surface area contributed by atoms with Crippen LogP contribution in [0.5, 0.6) is 0 Å². The zero-order valence-electron chi connectivity index (χ0n) is 8.32. The second kappa shape index (κ2) is 3.25. The number of nitrogens with zero attached hydrogens (tertiary/aromatic N) is 2. The summed E-state index contributed by atoms with van der Waals surface area (Å²) in [5.74, 6) is 0. The lowest BCUT2D eigenvalue weighted by atomic mass is 10.3. The average molecular weight is 188 g/mol. The fourth-order valence-corrected chi connectivity index (χ4v) is 1.71. The molecular weight excluding hydrogens is 176 g/mol. The highest BCUT2D eigenvalue weighted by Gasteiger charge is 2.10. The van der Waals surface area contributed by atoms with Gasteiger partial charge in [-0.2, -0.15) is 0 Å². The van der Waals surface area contributed by atoms with Gasteiger partial charge in [0.05, 0.1) is 5.69 Å². The number of rotatable bonds is 2. The summed E-state index contributed by atoms with van der Waals surface area (Å²) in [4.78, 5) is 15.3. The van der Waals surface area contributed by atoms with Crippen molar-refractivity contribution in [2.75, 3.05) is 0 Å². The van der Waals surface area contributed by atoms with Crippen LogP contribution in [0.3, 0.4) is 0 Å². The molecule has 0 bridgehead atoms. The highest BCUT2D eigenvalue weighted by Crippen LogP contribution is 2.13. The van der Waals surface area contributed by atoms with Crippen molar-refractivity contribution in [2.24, 2.45) is 0 Å². The molecule has 0 unspecified atom stereocenters. The van der Waals surface area contributed by atoms with Crippen molar-refractivity contribution in [3.8, 4) is 0 Å². The Bertz CT molecular complexity index is 485. The Hall–Kier alpha value is -1.64. The van der Waals surface area contributed by atoms with Crippen molar-refractivity contribution < 1.29 is 4.79 Å². The molecule has 2 aromatic heterocycles. The van der Waals surface area contributed by atoms with E-state index in [4.69, 9.17) is 0 Å². The third-order valence-corrected chi connectivity index (χ3v) is 2.40. The van der Waals surface area contributed by atoms with Gasteiger partial charge in [0.25, 0.3) is 0 Å². The predicted molar refractivity (Wildman–Crippen MR) is 54.7 cm³/mol. The van der Waals surface area contributed by atoms with Gasteiger partial charge < -0.3 is 0 Å². The van der Waals surface area contributed by atoms with Crippen molar-refractivity contribution in [2.45, 2.75) is 20.3 Å². The Morgan fingerprint density at radius 2 is 2.29 bits per heavy atom. The molecule has 0 saturated heterocycles. The van der Waals surface area contributed by atoms with E-state index in [-0.39, 0.29) is 0 Å². The van der Waals surface area contributed by atoms with Crippen LogP contribution in [0.25, 0.3) is 5.65 Å².